The molecular weight excluding hydrogens is 240 g/mol. The first kappa shape index (κ1) is 14.1. The lowest BCUT2D eigenvalue weighted by Crippen LogP contribution is -2.27. The molecule has 0 amide bonds. The van der Waals surface area contributed by atoms with Crippen molar-refractivity contribution >= 4 is 11.6 Å². The first-order valence-electron chi connectivity index (χ1n) is 7.17. The van der Waals surface area contributed by atoms with Gasteiger partial charge < -0.3 is 15.3 Å². The molecule has 0 atom stereocenters. The van der Waals surface area contributed by atoms with Gasteiger partial charge in [0.05, 0.1) is 6.61 Å². The van der Waals surface area contributed by atoms with Crippen molar-refractivity contribution in [2.24, 2.45) is 5.92 Å². The van der Waals surface area contributed by atoms with E-state index < -0.39 is 0 Å². The van der Waals surface area contributed by atoms with Crippen LogP contribution in [0.4, 0.5) is 11.6 Å². The Kier molecular flexibility index (Phi) is 5.39. The quantitative estimate of drug-likeness (QED) is 0.821. The van der Waals surface area contributed by atoms with Gasteiger partial charge >= 0.3 is 0 Å². The third-order valence-electron chi connectivity index (χ3n) is 3.72. The molecule has 1 heterocycles. The van der Waals surface area contributed by atoms with Crippen LogP contribution < -0.4 is 10.2 Å². The summed E-state index contributed by atoms with van der Waals surface area (Å²) >= 11 is 0. The second-order valence-electron chi connectivity index (χ2n) is 5.30. The summed E-state index contributed by atoms with van der Waals surface area (Å²) in [5.41, 5.74) is 0. The first-order chi connectivity index (χ1) is 9.29. The van der Waals surface area contributed by atoms with Crippen LogP contribution in [0, 0.1) is 5.92 Å². The molecule has 1 aliphatic rings. The fourth-order valence-electron chi connectivity index (χ4n) is 2.69. The number of anilines is 2. The summed E-state index contributed by atoms with van der Waals surface area (Å²) in [7, 11) is 2.09. The zero-order valence-electron chi connectivity index (χ0n) is 11.7. The Labute approximate surface area is 115 Å². The van der Waals surface area contributed by atoms with Crippen molar-refractivity contribution in [3.63, 3.8) is 0 Å². The van der Waals surface area contributed by atoms with E-state index in [2.05, 4.69) is 27.2 Å². The predicted molar refractivity (Wildman–Crippen MR) is 77.5 cm³/mol. The smallest absolute Gasteiger partial charge is 0.133 e. The molecule has 106 valence electrons. The summed E-state index contributed by atoms with van der Waals surface area (Å²) in [4.78, 5) is 10.7. The Morgan fingerprint density at radius 1 is 1.32 bits per heavy atom. The van der Waals surface area contributed by atoms with Crippen molar-refractivity contribution in [3.05, 3.63) is 12.4 Å². The number of aliphatic hydroxyl groups is 1. The minimum Gasteiger partial charge on any atom is -0.395 e. The molecular formula is C14H24N4O. The van der Waals surface area contributed by atoms with Gasteiger partial charge in [-0.1, -0.05) is 19.3 Å². The highest BCUT2D eigenvalue weighted by atomic mass is 16.3. The average Bonchev–Trinajstić information content (AvgIpc) is 2.46. The number of rotatable bonds is 6. The maximum absolute atomic E-state index is 8.81. The molecule has 5 nitrogen and oxygen atoms in total. The Morgan fingerprint density at radius 2 is 2.11 bits per heavy atom. The van der Waals surface area contributed by atoms with Gasteiger partial charge in [-0.15, -0.1) is 0 Å². The average molecular weight is 264 g/mol. The van der Waals surface area contributed by atoms with Crippen LogP contribution in [0.5, 0.6) is 0 Å². The summed E-state index contributed by atoms with van der Waals surface area (Å²) in [5.74, 6) is 2.51. The predicted octanol–water partition coefficient (Wildman–Crippen LogP) is 1.90. The highest BCUT2D eigenvalue weighted by Crippen LogP contribution is 2.25. The second kappa shape index (κ2) is 7.28. The molecule has 0 spiro atoms. The largest absolute Gasteiger partial charge is 0.395 e. The van der Waals surface area contributed by atoms with E-state index in [1.54, 1.807) is 6.33 Å². The normalized spacial score (nSPS) is 16.3. The van der Waals surface area contributed by atoms with Gasteiger partial charge in [-0.3, -0.25) is 0 Å². The van der Waals surface area contributed by atoms with E-state index in [1.165, 1.54) is 32.1 Å². The zero-order valence-corrected chi connectivity index (χ0v) is 11.7. The number of aliphatic hydroxyl groups excluding tert-OH is 1. The van der Waals surface area contributed by atoms with Gasteiger partial charge in [-0.05, 0) is 18.8 Å². The highest BCUT2D eigenvalue weighted by molar-refractivity contribution is 5.47. The van der Waals surface area contributed by atoms with Gasteiger partial charge in [0, 0.05) is 26.2 Å². The van der Waals surface area contributed by atoms with Crippen LogP contribution in [0.3, 0.4) is 0 Å². The number of hydrogen-bond acceptors (Lipinski definition) is 5. The van der Waals surface area contributed by atoms with E-state index in [9.17, 15) is 0 Å². The van der Waals surface area contributed by atoms with Gasteiger partial charge in [0.2, 0.25) is 0 Å². The molecule has 1 aromatic rings. The fraction of sp³-hybridized carbons (Fsp3) is 0.714. The standard InChI is InChI=1S/C14H24N4O/c1-18(10-12-5-3-2-4-6-12)14-9-13(15-7-8-19)16-11-17-14/h9,11-12,19H,2-8,10H2,1H3,(H,15,16,17). The van der Waals surface area contributed by atoms with Gasteiger partial charge in [0.15, 0.2) is 0 Å². The number of nitrogens with one attached hydrogen (secondary N) is 1. The van der Waals surface area contributed by atoms with Crippen LogP contribution >= 0.6 is 0 Å². The summed E-state index contributed by atoms with van der Waals surface area (Å²) in [6.45, 7) is 1.69. The van der Waals surface area contributed by atoms with E-state index >= 15 is 0 Å². The lowest BCUT2D eigenvalue weighted by molar-refractivity contribution is 0.311. The van der Waals surface area contributed by atoms with Crippen LogP contribution in [0.15, 0.2) is 12.4 Å². The molecule has 5 heteroatoms. The fourth-order valence-corrected chi connectivity index (χ4v) is 2.69. The highest BCUT2D eigenvalue weighted by Gasteiger charge is 2.16. The monoisotopic (exact) mass is 264 g/mol. The number of hydrogen-bond donors (Lipinski definition) is 2. The lowest BCUT2D eigenvalue weighted by Gasteiger charge is -2.27. The summed E-state index contributed by atoms with van der Waals surface area (Å²) < 4.78 is 0. The van der Waals surface area contributed by atoms with Crippen LogP contribution in [-0.4, -0.2) is 41.8 Å². The van der Waals surface area contributed by atoms with E-state index in [-0.39, 0.29) is 6.61 Å². The minimum absolute atomic E-state index is 0.108. The van der Waals surface area contributed by atoms with Crippen molar-refractivity contribution in [1.82, 2.24) is 9.97 Å². The van der Waals surface area contributed by atoms with Gasteiger partial charge in [0.1, 0.15) is 18.0 Å². The third-order valence-corrected chi connectivity index (χ3v) is 3.72. The molecule has 1 saturated carbocycles. The lowest BCUT2D eigenvalue weighted by atomic mass is 9.89. The summed E-state index contributed by atoms with van der Waals surface area (Å²) in [6.07, 6.45) is 8.38. The van der Waals surface area contributed by atoms with Gasteiger partial charge in [-0.25, -0.2) is 9.97 Å². The second-order valence-corrected chi connectivity index (χ2v) is 5.30. The van der Waals surface area contributed by atoms with Gasteiger partial charge in [-0.2, -0.15) is 0 Å². The maximum atomic E-state index is 8.81. The zero-order chi connectivity index (χ0) is 13.5. The van der Waals surface area contributed by atoms with E-state index in [0.717, 1.165) is 24.1 Å². The Morgan fingerprint density at radius 3 is 2.84 bits per heavy atom. The molecule has 0 saturated heterocycles. The molecule has 1 fully saturated rings. The van der Waals surface area contributed by atoms with E-state index in [0.29, 0.717) is 6.54 Å². The minimum atomic E-state index is 0.108. The molecule has 0 unspecified atom stereocenters. The van der Waals surface area contributed by atoms with Crippen molar-refractivity contribution < 1.29 is 5.11 Å². The maximum Gasteiger partial charge on any atom is 0.133 e. The molecule has 1 aromatic heterocycles. The van der Waals surface area contributed by atoms with E-state index in [4.69, 9.17) is 5.11 Å². The van der Waals surface area contributed by atoms with Gasteiger partial charge in [0.25, 0.3) is 0 Å². The topological polar surface area (TPSA) is 61.3 Å². The Bertz CT molecular complexity index is 379. The SMILES string of the molecule is CN(CC1CCCCC1)c1cc(NCCO)ncn1. The van der Waals surface area contributed by atoms with Crippen molar-refractivity contribution in [1.29, 1.82) is 0 Å². The molecule has 2 rings (SSSR count). The number of aromatic nitrogens is 2. The van der Waals surface area contributed by atoms with E-state index in [1.807, 2.05) is 6.07 Å². The Hall–Kier alpha value is -1.36. The molecule has 2 N–H and O–H groups in total. The Balaban J connectivity index is 1.91. The molecule has 19 heavy (non-hydrogen) atoms. The molecule has 0 aliphatic heterocycles. The van der Waals surface area contributed by atoms with Crippen LogP contribution in [0.25, 0.3) is 0 Å². The van der Waals surface area contributed by atoms with Crippen LogP contribution in [0.2, 0.25) is 0 Å². The molecule has 1 aliphatic carbocycles. The number of nitrogens with zero attached hydrogens (tertiary/aromatic N) is 3. The van der Waals surface area contributed by atoms with Crippen LogP contribution in [0.1, 0.15) is 32.1 Å². The molecule has 0 aromatic carbocycles. The van der Waals surface area contributed by atoms with Crippen molar-refractivity contribution in [2.45, 2.75) is 32.1 Å². The molecule has 0 bridgehead atoms. The first-order valence-corrected chi connectivity index (χ1v) is 7.17. The third kappa shape index (κ3) is 4.35. The summed E-state index contributed by atoms with van der Waals surface area (Å²) in [5, 5.41) is 11.9. The van der Waals surface area contributed by atoms with Crippen molar-refractivity contribution in [2.75, 3.05) is 37.0 Å². The summed E-state index contributed by atoms with van der Waals surface area (Å²) in [6, 6.07) is 1.94. The molecule has 0 radical (unpaired) electrons. The van der Waals surface area contributed by atoms with Crippen LogP contribution in [-0.2, 0) is 0 Å². The van der Waals surface area contributed by atoms with Crippen molar-refractivity contribution in [3.8, 4) is 0 Å².